The molecule has 6 nitrogen and oxygen atoms in total. The van der Waals surface area contributed by atoms with Crippen LogP contribution in [0.1, 0.15) is 28.8 Å². The molecular formula is C26H31ClN2O4. The van der Waals surface area contributed by atoms with Crippen LogP contribution in [0.15, 0.2) is 42.5 Å². The van der Waals surface area contributed by atoms with Gasteiger partial charge in [0.05, 0.1) is 5.56 Å². The molecule has 0 amide bonds. The molecule has 0 N–H and O–H groups in total. The number of fused-ring (bicyclic) bond motifs is 3. The van der Waals surface area contributed by atoms with Crippen LogP contribution in [-0.4, -0.2) is 68.4 Å². The van der Waals surface area contributed by atoms with Crippen LogP contribution in [0.5, 0.6) is 11.5 Å². The van der Waals surface area contributed by atoms with Gasteiger partial charge in [-0.3, -0.25) is 0 Å². The van der Waals surface area contributed by atoms with E-state index in [0.29, 0.717) is 29.2 Å². The average molecular weight is 471 g/mol. The van der Waals surface area contributed by atoms with Crippen molar-refractivity contribution in [2.45, 2.75) is 25.4 Å². The Hall–Kier alpha value is -2.28. The summed E-state index contributed by atoms with van der Waals surface area (Å²) in [5, 5.41) is 0.622. The molecule has 0 saturated carbocycles. The summed E-state index contributed by atoms with van der Waals surface area (Å²) < 4.78 is 16.9. The Kier molecular flexibility index (Phi) is 6.76. The van der Waals surface area contributed by atoms with Gasteiger partial charge in [-0.15, -0.1) is 0 Å². The standard InChI is InChI=1S/C26H31ClN2O4/c1-28-13-20-15-29(11-3-2-4-18-5-10-23-24(12-18)32-17-31-23)16-21(14-28)25(20)33-26(30)19-6-8-22(27)9-7-19/h5-10,12,20-21,25H,2-4,11,13-17H2,1H3. The summed E-state index contributed by atoms with van der Waals surface area (Å²) in [6.45, 7) is 5.28. The van der Waals surface area contributed by atoms with Crippen molar-refractivity contribution in [1.29, 1.82) is 0 Å². The van der Waals surface area contributed by atoms with Crippen molar-refractivity contribution in [1.82, 2.24) is 9.80 Å². The predicted octanol–water partition coefficient (Wildman–Crippen LogP) is 4.11. The molecule has 2 atom stereocenters. The molecule has 33 heavy (non-hydrogen) atoms. The number of nitrogens with zero attached hydrogens (tertiary/aromatic N) is 2. The van der Waals surface area contributed by atoms with Crippen LogP contribution in [0.4, 0.5) is 0 Å². The number of piperidine rings is 2. The Bertz CT molecular complexity index is 967. The van der Waals surface area contributed by atoms with Crippen molar-refractivity contribution in [3.63, 3.8) is 0 Å². The highest BCUT2D eigenvalue weighted by Gasteiger charge is 2.43. The van der Waals surface area contributed by atoms with Crippen LogP contribution in [0.25, 0.3) is 0 Å². The maximum absolute atomic E-state index is 12.7. The number of carbonyl (C=O) groups excluding carboxylic acids is 1. The van der Waals surface area contributed by atoms with E-state index in [0.717, 1.165) is 63.5 Å². The first-order valence-corrected chi connectivity index (χ1v) is 12.2. The zero-order valence-electron chi connectivity index (χ0n) is 19.0. The Balaban J connectivity index is 1.12. The topological polar surface area (TPSA) is 51.2 Å². The van der Waals surface area contributed by atoms with Gasteiger partial charge in [0, 0.05) is 43.0 Å². The van der Waals surface area contributed by atoms with E-state index in [4.69, 9.17) is 25.8 Å². The lowest BCUT2D eigenvalue weighted by Crippen LogP contribution is -2.60. The number of ether oxygens (including phenoxy) is 3. The van der Waals surface area contributed by atoms with E-state index in [1.807, 2.05) is 6.07 Å². The van der Waals surface area contributed by atoms with Gasteiger partial charge in [0.2, 0.25) is 6.79 Å². The van der Waals surface area contributed by atoms with Gasteiger partial charge >= 0.3 is 5.97 Å². The van der Waals surface area contributed by atoms with E-state index in [1.165, 1.54) is 5.56 Å². The van der Waals surface area contributed by atoms with Crippen molar-refractivity contribution in [2.75, 3.05) is 46.6 Å². The second-order valence-corrected chi connectivity index (χ2v) is 9.96. The fourth-order valence-corrected chi connectivity index (χ4v) is 5.57. The number of unbranched alkanes of at least 4 members (excludes halogenated alkanes) is 1. The van der Waals surface area contributed by atoms with E-state index < -0.39 is 0 Å². The molecule has 3 heterocycles. The number of halogens is 1. The second-order valence-electron chi connectivity index (χ2n) is 9.52. The molecule has 2 saturated heterocycles. The quantitative estimate of drug-likeness (QED) is 0.448. The molecule has 7 heteroatoms. The minimum Gasteiger partial charge on any atom is -0.458 e. The van der Waals surface area contributed by atoms with Crippen LogP contribution in [0.3, 0.4) is 0 Å². The first-order chi connectivity index (χ1) is 16.0. The maximum atomic E-state index is 12.7. The van der Waals surface area contributed by atoms with E-state index >= 15 is 0 Å². The first-order valence-electron chi connectivity index (χ1n) is 11.8. The molecule has 3 aliphatic rings. The third-order valence-corrected chi connectivity index (χ3v) is 7.21. The molecule has 2 aromatic rings. The summed E-state index contributed by atoms with van der Waals surface area (Å²) in [7, 11) is 2.16. The molecule has 2 unspecified atom stereocenters. The Morgan fingerprint density at radius 3 is 2.48 bits per heavy atom. The molecule has 2 fully saturated rings. The molecule has 0 aliphatic carbocycles. The van der Waals surface area contributed by atoms with E-state index in [9.17, 15) is 4.79 Å². The van der Waals surface area contributed by atoms with E-state index in [1.54, 1.807) is 24.3 Å². The number of hydrogen-bond acceptors (Lipinski definition) is 6. The highest BCUT2D eigenvalue weighted by molar-refractivity contribution is 6.30. The largest absolute Gasteiger partial charge is 0.458 e. The molecule has 176 valence electrons. The Labute approximate surface area is 200 Å². The summed E-state index contributed by atoms with van der Waals surface area (Å²) in [6.07, 6.45) is 3.31. The van der Waals surface area contributed by atoms with Gasteiger partial charge in [-0.1, -0.05) is 17.7 Å². The van der Waals surface area contributed by atoms with Crippen LogP contribution in [0, 0.1) is 11.8 Å². The average Bonchev–Trinajstić information content (AvgIpc) is 3.26. The summed E-state index contributed by atoms with van der Waals surface area (Å²) in [6, 6.07) is 13.2. The lowest BCUT2D eigenvalue weighted by atomic mass is 9.81. The predicted molar refractivity (Wildman–Crippen MR) is 127 cm³/mol. The minimum atomic E-state index is -0.242. The fraction of sp³-hybridized carbons (Fsp3) is 0.500. The fourth-order valence-electron chi connectivity index (χ4n) is 5.44. The highest BCUT2D eigenvalue weighted by atomic mass is 35.5. The van der Waals surface area contributed by atoms with Gasteiger partial charge < -0.3 is 24.0 Å². The summed E-state index contributed by atoms with van der Waals surface area (Å²) in [5.41, 5.74) is 1.86. The number of likely N-dealkylation sites (tertiary alicyclic amines) is 2. The van der Waals surface area contributed by atoms with Crippen LogP contribution >= 0.6 is 11.6 Å². The maximum Gasteiger partial charge on any atom is 0.338 e. The zero-order chi connectivity index (χ0) is 22.8. The number of aryl methyl sites for hydroxylation is 1. The monoisotopic (exact) mass is 470 g/mol. The van der Waals surface area contributed by atoms with Gasteiger partial charge in [0.25, 0.3) is 0 Å². The zero-order valence-corrected chi connectivity index (χ0v) is 19.8. The first kappa shape index (κ1) is 22.5. The van der Waals surface area contributed by atoms with Gasteiger partial charge in [-0.05, 0) is 74.8 Å². The van der Waals surface area contributed by atoms with Gasteiger partial charge in [0.1, 0.15) is 6.10 Å². The van der Waals surface area contributed by atoms with Gasteiger partial charge in [0.15, 0.2) is 11.5 Å². The molecule has 5 rings (SSSR count). The van der Waals surface area contributed by atoms with Gasteiger partial charge in [-0.25, -0.2) is 4.79 Å². The molecular weight excluding hydrogens is 440 g/mol. The van der Waals surface area contributed by atoms with Crippen LogP contribution in [0.2, 0.25) is 5.02 Å². The smallest absolute Gasteiger partial charge is 0.338 e. The molecule has 0 spiro atoms. The SMILES string of the molecule is CN1CC2CN(CCCCc3ccc4c(c3)OCO4)CC(C1)C2OC(=O)c1ccc(Cl)cc1. The van der Waals surface area contributed by atoms with Crippen LogP contribution in [-0.2, 0) is 11.2 Å². The van der Waals surface area contributed by atoms with Crippen molar-refractivity contribution >= 4 is 17.6 Å². The number of rotatable bonds is 7. The number of carbonyl (C=O) groups is 1. The van der Waals surface area contributed by atoms with Gasteiger partial charge in [-0.2, -0.15) is 0 Å². The minimum absolute atomic E-state index is 0.0192. The van der Waals surface area contributed by atoms with Crippen molar-refractivity contribution in [2.24, 2.45) is 11.8 Å². The third kappa shape index (κ3) is 5.29. The second kappa shape index (κ2) is 9.92. The van der Waals surface area contributed by atoms with Crippen LogP contribution < -0.4 is 9.47 Å². The summed E-state index contributed by atoms with van der Waals surface area (Å²) in [4.78, 5) is 17.7. The van der Waals surface area contributed by atoms with Crippen molar-refractivity contribution in [3.8, 4) is 11.5 Å². The van der Waals surface area contributed by atoms with E-state index in [-0.39, 0.29) is 12.1 Å². The summed E-state index contributed by atoms with van der Waals surface area (Å²) >= 11 is 5.95. The molecule has 0 aromatic heterocycles. The van der Waals surface area contributed by atoms with E-state index in [2.05, 4.69) is 29.0 Å². The normalized spacial score (nSPS) is 24.6. The number of hydrogen-bond donors (Lipinski definition) is 0. The number of benzene rings is 2. The van der Waals surface area contributed by atoms with Crippen molar-refractivity contribution in [3.05, 3.63) is 58.6 Å². The third-order valence-electron chi connectivity index (χ3n) is 6.96. The Morgan fingerprint density at radius 2 is 1.73 bits per heavy atom. The molecule has 0 radical (unpaired) electrons. The lowest BCUT2D eigenvalue weighted by Gasteiger charge is -2.49. The molecule has 2 bridgehead atoms. The lowest BCUT2D eigenvalue weighted by molar-refractivity contribution is -0.0842. The highest BCUT2D eigenvalue weighted by Crippen LogP contribution is 2.34. The van der Waals surface area contributed by atoms with Crippen molar-refractivity contribution < 1.29 is 19.0 Å². The molecule has 3 aliphatic heterocycles. The number of esters is 1. The Morgan fingerprint density at radius 1 is 1.00 bits per heavy atom. The molecule has 2 aromatic carbocycles. The summed E-state index contributed by atoms with van der Waals surface area (Å²) in [5.74, 6) is 2.14.